The van der Waals surface area contributed by atoms with E-state index in [1.807, 2.05) is 19.0 Å². The predicted molar refractivity (Wildman–Crippen MR) is 103 cm³/mol. The number of benzene rings is 1. The van der Waals surface area contributed by atoms with Crippen LogP contribution in [0.2, 0.25) is 0 Å². The zero-order valence-corrected chi connectivity index (χ0v) is 16.4. The highest BCUT2D eigenvalue weighted by Gasteiger charge is 2.29. The molecule has 1 atom stereocenters. The first-order chi connectivity index (χ1) is 12.6. The highest BCUT2D eigenvalue weighted by molar-refractivity contribution is 7.89. The molecule has 0 aliphatic rings. The minimum atomic E-state index is -4.20. The van der Waals surface area contributed by atoms with Crippen molar-refractivity contribution in [3.05, 3.63) is 48.4 Å². The summed E-state index contributed by atoms with van der Waals surface area (Å²) in [5, 5.41) is 2.64. The van der Waals surface area contributed by atoms with Crippen molar-refractivity contribution in [3.63, 3.8) is 0 Å². The molecule has 1 aromatic carbocycles. The average molecular weight is 394 g/mol. The Morgan fingerprint density at radius 1 is 1.15 bits per heavy atom. The Morgan fingerprint density at radius 3 is 2.33 bits per heavy atom. The second-order valence-corrected chi connectivity index (χ2v) is 8.24. The Hall–Kier alpha value is -2.52. The Morgan fingerprint density at radius 2 is 1.81 bits per heavy atom. The fourth-order valence-electron chi connectivity index (χ4n) is 2.33. The smallest absolute Gasteiger partial charge is 0.244 e. The average Bonchev–Trinajstić information content (AvgIpc) is 2.60. The number of carbonyl (C=O) groups is 1. The number of nitrogens with zero attached hydrogens (tertiary/aromatic N) is 2. The summed E-state index contributed by atoms with van der Waals surface area (Å²) < 4.78 is 41.1. The summed E-state index contributed by atoms with van der Waals surface area (Å²) in [5.74, 6) is -1.07. The van der Waals surface area contributed by atoms with Crippen LogP contribution in [-0.2, 0) is 14.8 Å². The predicted octanol–water partition coefficient (Wildman–Crippen LogP) is 2.23. The molecule has 0 saturated carbocycles. The van der Waals surface area contributed by atoms with Gasteiger partial charge in [-0.05, 0) is 30.2 Å². The third kappa shape index (κ3) is 5.24. The number of sulfonamides is 1. The van der Waals surface area contributed by atoms with Gasteiger partial charge in [0.1, 0.15) is 22.6 Å². The first-order valence-electron chi connectivity index (χ1n) is 8.33. The normalized spacial score (nSPS) is 12.7. The highest BCUT2D eigenvalue weighted by atomic mass is 32.2. The summed E-state index contributed by atoms with van der Waals surface area (Å²) in [6.45, 7) is 3.39. The summed E-state index contributed by atoms with van der Waals surface area (Å²) in [5.41, 5.74) is 0.432. The third-order valence-electron chi connectivity index (χ3n) is 3.83. The van der Waals surface area contributed by atoms with E-state index in [4.69, 9.17) is 0 Å². The summed E-state index contributed by atoms with van der Waals surface area (Å²) >= 11 is 0. The Kier molecular flexibility index (Phi) is 6.50. The molecule has 27 heavy (non-hydrogen) atoms. The molecule has 146 valence electrons. The van der Waals surface area contributed by atoms with Crippen LogP contribution in [0, 0.1) is 11.7 Å². The molecule has 7 nitrogen and oxygen atoms in total. The molecule has 2 aromatic rings. The number of carbonyl (C=O) groups excluding carboxylic acids is 1. The van der Waals surface area contributed by atoms with Crippen molar-refractivity contribution in [3.8, 4) is 0 Å². The Balaban J connectivity index is 2.19. The van der Waals surface area contributed by atoms with Crippen molar-refractivity contribution < 1.29 is 17.6 Å². The molecule has 0 saturated heterocycles. The lowest BCUT2D eigenvalue weighted by atomic mass is 10.1. The van der Waals surface area contributed by atoms with Crippen molar-refractivity contribution in [2.75, 3.05) is 24.3 Å². The van der Waals surface area contributed by atoms with Crippen molar-refractivity contribution in [1.29, 1.82) is 0 Å². The van der Waals surface area contributed by atoms with Crippen molar-refractivity contribution in [1.82, 2.24) is 9.71 Å². The third-order valence-corrected chi connectivity index (χ3v) is 5.31. The summed E-state index contributed by atoms with van der Waals surface area (Å²) in [4.78, 5) is 18.1. The fraction of sp³-hybridized carbons (Fsp3) is 0.333. The second kappa shape index (κ2) is 8.45. The van der Waals surface area contributed by atoms with E-state index in [0.29, 0.717) is 11.5 Å². The molecule has 2 N–H and O–H groups in total. The molecule has 1 amide bonds. The van der Waals surface area contributed by atoms with Crippen molar-refractivity contribution in [2.24, 2.45) is 5.92 Å². The molecular formula is C18H23FN4O3S. The van der Waals surface area contributed by atoms with E-state index in [1.54, 1.807) is 26.0 Å². The van der Waals surface area contributed by atoms with Gasteiger partial charge >= 0.3 is 0 Å². The molecule has 0 radical (unpaired) electrons. The van der Waals surface area contributed by atoms with Crippen LogP contribution in [0.5, 0.6) is 0 Å². The number of halogens is 1. The minimum Gasteiger partial charge on any atom is -0.363 e. The van der Waals surface area contributed by atoms with Gasteiger partial charge in [-0.3, -0.25) is 4.79 Å². The molecule has 0 aliphatic heterocycles. The largest absolute Gasteiger partial charge is 0.363 e. The fourth-order valence-corrected chi connectivity index (χ4v) is 3.75. The minimum absolute atomic E-state index is 0.361. The highest BCUT2D eigenvalue weighted by Crippen LogP contribution is 2.17. The van der Waals surface area contributed by atoms with Gasteiger partial charge in [0, 0.05) is 14.1 Å². The van der Waals surface area contributed by atoms with Gasteiger partial charge in [0.25, 0.3) is 0 Å². The van der Waals surface area contributed by atoms with E-state index in [9.17, 15) is 17.6 Å². The van der Waals surface area contributed by atoms with Gasteiger partial charge in [0.05, 0.1) is 11.9 Å². The SMILES string of the molecule is CC(C)[C@H](NS(=O)(=O)c1ccccc1F)C(=O)Nc1ccc(N(C)C)nc1. The molecule has 2 rings (SSSR count). The lowest BCUT2D eigenvalue weighted by molar-refractivity contribution is -0.118. The lowest BCUT2D eigenvalue weighted by Gasteiger charge is -2.22. The maximum atomic E-state index is 13.9. The number of pyridine rings is 1. The van der Waals surface area contributed by atoms with E-state index < -0.39 is 32.7 Å². The van der Waals surface area contributed by atoms with Crippen LogP contribution in [0.4, 0.5) is 15.9 Å². The first kappa shape index (κ1) is 20.8. The molecule has 0 aliphatic carbocycles. The van der Waals surface area contributed by atoms with Gasteiger partial charge in [-0.15, -0.1) is 0 Å². The van der Waals surface area contributed by atoms with Gasteiger partial charge in [0.15, 0.2) is 0 Å². The van der Waals surface area contributed by atoms with Crippen LogP contribution in [0.15, 0.2) is 47.5 Å². The molecule has 1 aromatic heterocycles. The molecule has 9 heteroatoms. The van der Waals surface area contributed by atoms with Crippen molar-refractivity contribution >= 4 is 27.4 Å². The second-order valence-electron chi connectivity index (χ2n) is 6.56. The van der Waals surface area contributed by atoms with E-state index in [1.165, 1.54) is 18.3 Å². The number of hydrogen-bond acceptors (Lipinski definition) is 5. The number of hydrogen-bond donors (Lipinski definition) is 2. The molecular weight excluding hydrogens is 371 g/mol. The topological polar surface area (TPSA) is 91.4 Å². The van der Waals surface area contributed by atoms with E-state index in [-0.39, 0.29) is 5.92 Å². The maximum Gasteiger partial charge on any atom is 0.244 e. The van der Waals surface area contributed by atoms with Crippen LogP contribution in [0.25, 0.3) is 0 Å². The number of aromatic nitrogens is 1. The van der Waals surface area contributed by atoms with Crippen LogP contribution < -0.4 is 14.9 Å². The molecule has 0 unspecified atom stereocenters. The molecule has 1 heterocycles. The van der Waals surface area contributed by atoms with Gasteiger partial charge in [-0.1, -0.05) is 26.0 Å². The number of amides is 1. The zero-order chi connectivity index (χ0) is 20.2. The monoisotopic (exact) mass is 394 g/mol. The van der Waals surface area contributed by atoms with Gasteiger partial charge in [-0.25, -0.2) is 17.8 Å². The van der Waals surface area contributed by atoms with Gasteiger partial charge in [-0.2, -0.15) is 4.72 Å². The quantitative estimate of drug-likeness (QED) is 0.751. The molecule has 0 bridgehead atoms. The van der Waals surface area contributed by atoms with E-state index in [0.717, 1.165) is 12.1 Å². The van der Waals surface area contributed by atoms with Crippen LogP contribution >= 0.6 is 0 Å². The van der Waals surface area contributed by atoms with E-state index in [2.05, 4.69) is 15.0 Å². The summed E-state index contributed by atoms with van der Waals surface area (Å²) in [6, 6.07) is 7.33. The Labute approximate surface area is 158 Å². The number of rotatable bonds is 7. The molecule has 0 fully saturated rings. The van der Waals surface area contributed by atoms with Gasteiger partial charge in [0.2, 0.25) is 15.9 Å². The van der Waals surface area contributed by atoms with Crippen LogP contribution in [0.1, 0.15) is 13.8 Å². The van der Waals surface area contributed by atoms with Crippen LogP contribution in [-0.4, -0.2) is 39.4 Å². The number of nitrogens with one attached hydrogen (secondary N) is 2. The van der Waals surface area contributed by atoms with E-state index >= 15 is 0 Å². The summed E-state index contributed by atoms with van der Waals surface area (Å²) in [6.07, 6.45) is 1.48. The summed E-state index contributed by atoms with van der Waals surface area (Å²) in [7, 11) is -0.518. The van der Waals surface area contributed by atoms with Crippen molar-refractivity contribution in [2.45, 2.75) is 24.8 Å². The Bertz CT molecular complexity index is 899. The van der Waals surface area contributed by atoms with Gasteiger partial charge < -0.3 is 10.2 Å². The zero-order valence-electron chi connectivity index (χ0n) is 15.6. The standard InChI is InChI=1S/C18H23FN4O3S/c1-12(2)17(22-27(25,26)15-8-6-5-7-14(15)19)18(24)21-13-9-10-16(20-11-13)23(3)4/h5-12,17,22H,1-4H3,(H,21,24)/t17-/m0/s1. The maximum absolute atomic E-state index is 13.9. The first-order valence-corrected chi connectivity index (χ1v) is 9.81. The molecule has 0 spiro atoms. The number of anilines is 2. The van der Waals surface area contributed by atoms with Crippen LogP contribution in [0.3, 0.4) is 0 Å². The lowest BCUT2D eigenvalue weighted by Crippen LogP contribution is -2.47.